The fourth-order valence-corrected chi connectivity index (χ4v) is 5.89. The van der Waals surface area contributed by atoms with Gasteiger partial charge in [0.25, 0.3) is 0 Å². The van der Waals surface area contributed by atoms with Gasteiger partial charge < -0.3 is 0 Å². The van der Waals surface area contributed by atoms with E-state index < -0.39 is 9.84 Å². The number of sulfone groups is 1. The predicted molar refractivity (Wildman–Crippen MR) is 130 cm³/mol. The average Bonchev–Trinajstić information content (AvgIpc) is 3.22. The molecule has 0 aliphatic heterocycles. The predicted octanol–water partition coefficient (Wildman–Crippen LogP) is 5.22. The first-order valence-corrected chi connectivity index (χ1v) is 13.1. The lowest BCUT2D eigenvalue weighted by Crippen LogP contribution is -2.30. The van der Waals surface area contributed by atoms with Gasteiger partial charge in [0.1, 0.15) is 0 Å². The van der Waals surface area contributed by atoms with Gasteiger partial charge in [-0.15, -0.1) is 0 Å². The Morgan fingerprint density at radius 1 is 0.844 bits per heavy atom. The number of benzene rings is 3. The molecule has 0 fully saturated rings. The molecule has 3 aromatic carbocycles. The van der Waals surface area contributed by atoms with Crippen LogP contribution >= 0.6 is 11.3 Å². The molecule has 0 radical (unpaired) electrons. The molecular weight excluding hydrogens is 440 g/mol. The van der Waals surface area contributed by atoms with E-state index in [1.54, 1.807) is 17.0 Å². The van der Waals surface area contributed by atoms with E-state index in [1.165, 1.54) is 11.3 Å². The standard InChI is InChI=1S/C25H24N2O3S2/c28-24(16-9-17-32(29,30)19-21-12-5-2-6-13-21)27(18-20-10-3-1-4-11-20)25-26-22-14-7-8-15-23(22)31-25/h1-8,10-15H,9,16-19H2. The molecule has 0 unspecified atom stereocenters. The van der Waals surface area contributed by atoms with Gasteiger partial charge in [0.2, 0.25) is 5.91 Å². The highest BCUT2D eigenvalue weighted by molar-refractivity contribution is 7.90. The molecule has 0 saturated heterocycles. The van der Waals surface area contributed by atoms with Crippen LogP contribution in [0.15, 0.2) is 84.9 Å². The van der Waals surface area contributed by atoms with Crippen molar-refractivity contribution in [1.82, 2.24) is 4.98 Å². The molecule has 32 heavy (non-hydrogen) atoms. The van der Waals surface area contributed by atoms with Crippen LogP contribution in [0.4, 0.5) is 5.13 Å². The first-order chi connectivity index (χ1) is 15.5. The lowest BCUT2D eigenvalue weighted by molar-refractivity contribution is -0.118. The summed E-state index contributed by atoms with van der Waals surface area (Å²) in [5.74, 6) is -0.150. The third-order valence-electron chi connectivity index (χ3n) is 5.07. The Labute approximate surface area is 192 Å². The highest BCUT2D eigenvalue weighted by atomic mass is 32.2. The molecule has 164 valence electrons. The van der Waals surface area contributed by atoms with Gasteiger partial charge in [-0.3, -0.25) is 9.69 Å². The molecule has 1 heterocycles. The van der Waals surface area contributed by atoms with E-state index in [0.717, 1.165) is 21.3 Å². The van der Waals surface area contributed by atoms with Crippen LogP contribution in [0.5, 0.6) is 0 Å². The van der Waals surface area contributed by atoms with Crippen molar-refractivity contribution in [3.05, 3.63) is 96.1 Å². The second kappa shape index (κ2) is 10.1. The number of hydrogen-bond donors (Lipinski definition) is 0. The zero-order valence-corrected chi connectivity index (χ0v) is 19.2. The van der Waals surface area contributed by atoms with Gasteiger partial charge in [-0.05, 0) is 29.7 Å². The highest BCUT2D eigenvalue weighted by Gasteiger charge is 2.21. The van der Waals surface area contributed by atoms with E-state index in [2.05, 4.69) is 4.98 Å². The summed E-state index contributed by atoms with van der Waals surface area (Å²) in [6, 6.07) is 26.7. The maximum absolute atomic E-state index is 13.2. The maximum Gasteiger partial charge on any atom is 0.229 e. The van der Waals surface area contributed by atoms with Gasteiger partial charge in [-0.2, -0.15) is 0 Å². The summed E-state index contributed by atoms with van der Waals surface area (Å²) in [5, 5.41) is 0.632. The van der Waals surface area contributed by atoms with E-state index in [1.807, 2.05) is 72.8 Å². The number of rotatable bonds is 9. The normalized spacial score (nSPS) is 11.5. The van der Waals surface area contributed by atoms with Crippen molar-refractivity contribution in [2.24, 2.45) is 0 Å². The number of nitrogens with zero attached hydrogens (tertiary/aromatic N) is 2. The summed E-state index contributed by atoms with van der Waals surface area (Å²) < 4.78 is 26.0. The molecule has 4 aromatic rings. The Morgan fingerprint density at radius 2 is 1.47 bits per heavy atom. The molecule has 0 bridgehead atoms. The lowest BCUT2D eigenvalue weighted by Gasteiger charge is -2.20. The monoisotopic (exact) mass is 464 g/mol. The first-order valence-electron chi connectivity index (χ1n) is 10.4. The molecule has 4 rings (SSSR count). The Kier molecular flexibility index (Phi) is 6.97. The number of para-hydroxylation sites is 1. The Hall–Kier alpha value is -3.03. The average molecular weight is 465 g/mol. The number of carbonyl (C=O) groups excluding carboxylic acids is 1. The molecule has 0 spiro atoms. The van der Waals surface area contributed by atoms with Crippen LogP contribution in [-0.4, -0.2) is 25.1 Å². The third kappa shape index (κ3) is 5.81. The number of amides is 1. The number of aromatic nitrogens is 1. The number of carbonyl (C=O) groups is 1. The first kappa shape index (κ1) is 22.2. The van der Waals surface area contributed by atoms with E-state index in [9.17, 15) is 13.2 Å². The van der Waals surface area contributed by atoms with Crippen LogP contribution in [0.2, 0.25) is 0 Å². The smallest absolute Gasteiger partial charge is 0.229 e. The van der Waals surface area contributed by atoms with E-state index in [-0.39, 0.29) is 30.3 Å². The molecule has 0 atom stereocenters. The highest BCUT2D eigenvalue weighted by Crippen LogP contribution is 2.30. The van der Waals surface area contributed by atoms with Gasteiger partial charge in [0.05, 0.1) is 28.3 Å². The zero-order chi connectivity index (χ0) is 22.4. The minimum absolute atomic E-state index is 0.00632. The summed E-state index contributed by atoms with van der Waals surface area (Å²) >= 11 is 1.47. The number of hydrogen-bond acceptors (Lipinski definition) is 5. The Bertz CT molecular complexity index is 1250. The number of thiazole rings is 1. The summed E-state index contributed by atoms with van der Waals surface area (Å²) in [6.45, 7) is 0.399. The van der Waals surface area contributed by atoms with Crippen molar-refractivity contribution >= 4 is 42.4 Å². The van der Waals surface area contributed by atoms with Crippen LogP contribution in [0.3, 0.4) is 0 Å². The largest absolute Gasteiger partial charge is 0.284 e. The van der Waals surface area contributed by atoms with Gasteiger partial charge in [0.15, 0.2) is 15.0 Å². The van der Waals surface area contributed by atoms with Crippen molar-refractivity contribution in [3.8, 4) is 0 Å². The molecule has 0 N–H and O–H groups in total. The van der Waals surface area contributed by atoms with E-state index >= 15 is 0 Å². The quantitative estimate of drug-likeness (QED) is 0.340. The molecule has 5 nitrogen and oxygen atoms in total. The summed E-state index contributed by atoms with van der Waals surface area (Å²) in [4.78, 5) is 19.5. The molecule has 0 saturated carbocycles. The van der Waals surface area contributed by atoms with Crippen LogP contribution in [-0.2, 0) is 26.9 Å². The minimum atomic E-state index is -3.28. The van der Waals surface area contributed by atoms with Crippen molar-refractivity contribution < 1.29 is 13.2 Å². The number of fused-ring (bicyclic) bond motifs is 1. The van der Waals surface area contributed by atoms with Crippen molar-refractivity contribution in [3.63, 3.8) is 0 Å². The molecular formula is C25H24N2O3S2. The van der Waals surface area contributed by atoms with E-state index in [0.29, 0.717) is 11.7 Å². The number of anilines is 1. The maximum atomic E-state index is 13.2. The van der Waals surface area contributed by atoms with Gasteiger partial charge in [-0.25, -0.2) is 13.4 Å². The van der Waals surface area contributed by atoms with Gasteiger partial charge in [0, 0.05) is 6.42 Å². The Morgan fingerprint density at radius 3 is 2.16 bits per heavy atom. The van der Waals surface area contributed by atoms with Crippen molar-refractivity contribution in [2.45, 2.75) is 25.1 Å². The molecule has 7 heteroatoms. The minimum Gasteiger partial charge on any atom is -0.284 e. The summed E-state index contributed by atoms with van der Waals surface area (Å²) in [5.41, 5.74) is 2.61. The van der Waals surface area contributed by atoms with Gasteiger partial charge >= 0.3 is 0 Å². The van der Waals surface area contributed by atoms with Crippen LogP contribution < -0.4 is 4.90 Å². The fourth-order valence-electron chi connectivity index (χ4n) is 3.48. The van der Waals surface area contributed by atoms with Crippen LogP contribution in [0, 0.1) is 0 Å². The second-order valence-corrected chi connectivity index (χ2v) is 10.8. The van der Waals surface area contributed by atoms with Crippen molar-refractivity contribution in [2.75, 3.05) is 10.7 Å². The SMILES string of the molecule is O=C(CCCS(=O)(=O)Cc1ccccc1)N(Cc1ccccc1)c1nc2ccccc2s1. The molecule has 0 aliphatic carbocycles. The Balaban J connectivity index is 1.46. The second-order valence-electron chi connectivity index (χ2n) is 7.61. The van der Waals surface area contributed by atoms with Crippen molar-refractivity contribution in [1.29, 1.82) is 0 Å². The topological polar surface area (TPSA) is 67.3 Å². The van der Waals surface area contributed by atoms with E-state index in [4.69, 9.17) is 0 Å². The molecule has 1 amide bonds. The summed E-state index contributed by atoms with van der Waals surface area (Å²) in [7, 11) is -3.28. The van der Waals surface area contributed by atoms with Crippen LogP contribution in [0.1, 0.15) is 24.0 Å². The fraction of sp³-hybridized carbons (Fsp3) is 0.200. The lowest BCUT2D eigenvalue weighted by atomic mass is 10.2. The molecule has 1 aromatic heterocycles. The zero-order valence-electron chi connectivity index (χ0n) is 17.6. The van der Waals surface area contributed by atoms with Crippen LogP contribution in [0.25, 0.3) is 10.2 Å². The molecule has 0 aliphatic rings. The summed E-state index contributed by atoms with van der Waals surface area (Å²) in [6.07, 6.45) is 0.432. The third-order valence-corrected chi connectivity index (χ3v) is 7.82. The van der Waals surface area contributed by atoms with Gasteiger partial charge in [-0.1, -0.05) is 84.1 Å².